The molecule has 0 aliphatic rings. The summed E-state index contributed by atoms with van der Waals surface area (Å²) in [6.07, 6.45) is 0.620. The number of hydrogen-bond acceptors (Lipinski definition) is 2. The van der Waals surface area contributed by atoms with E-state index in [2.05, 4.69) is 9.97 Å². The first-order valence-corrected chi connectivity index (χ1v) is 4.99. The third-order valence-electron chi connectivity index (χ3n) is 2.35. The van der Waals surface area contributed by atoms with Crippen molar-refractivity contribution < 1.29 is 9.90 Å². The summed E-state index contributed by atoms with van der Waals surface area (Å²) < 4.78 is 0. The quantitative estimate of drug-likeness (QED) is 0.824. The van der Waals surface area contributed by atoms with E-state index in [0.717, 1.165) is 5.56 Å². The highest BCUT2D eigenvalue weighted by Gasteiger charge is 2.13. The van der Waals surface area contributed by atoms with Crippen molar-refractivity contribution in [2.45, 2.75) is 13.3 Å². The number of hydrogen-bond donors (Lipinski definition) is 2. The Balaban J connectivity index is 2.23. The standard InChI is InChI=1S/C12H12N2O2/c1-8-11(12(15)16)14-10(13-8)7-9-5-3-2-4-6-9/h2-6H,7H2,1H3,(H,13,14)(H,15,16). The molecule has 0 saturated carbocycles. The Morgan fingerprint density at radius 3 is 2.62 bits per heavy atom. The second kappa shape index (κ2) is 4.18. The van der Waals surface area contributed by atoms with E-state index < -0.39 is 5.97 Å². The molecule has 0 bridgehead atoms. The van der Waals surface area contributed by atoms with Gasteiger partial charge < -0.3 is 10.1 Å². The van der Waals surface area contributed by atoms with Crippen LogP contribution in [0.1, 0.15) is 27.6 Å². The van der Waals surface area contributed by atoms with Gasteiger partial charge in [-0.15, -0.1) is 0 Å². The van der Waals surface area contributed by atoms with Gasteiger partial charge in [-0.1, -0.05) is 30.3 Å². The number of imidazole rings is 1. The monoisotopic (exact) mass is 216 g/mol. The van der Waals surface area contributed by atoms with Crippen LogP contribution in [0.15, 0.2) is 30.3 Å². The summed E-state index contributed by atoms with van der Waals surface area (Å²) in [5.41, 5.74) is 1.80. The lowest BCUT2D eigenvalue weighted by molar-refractivity contribution is 0.0690. The second-order valence-electron chi connectivity index (χ2n) is 3.62. The molecule has 16 heavy (non-hydrogen) atoms. The smallest absolute Gasteiger partial charge is 0.356 e. The number of aromatic carboxylic acids is 1. The van der Waals surface area contributed by atoms with E-state index in [9.17, 15) is 4.79 Å². The number of carbonyl (C=O) groups is 1. The Bertz CT molecular complexity index is 503. The minimum absolute atomic E-state index is 0.103. The first-order valence-electron chi connectivity index (χ1n) is 4.99. The van der Waals surface area contributed by atoms with Gasteiger partial charge in [-0.3, -0.25) is 0 Å². The maximum absolute atomic E-state index is 10.8. The van der Waals surface area contributed by atoms with Crippen LogP contribution in [0.5, 0.6) is 0 Å². The molecule has 0 saturated heterocycles. The van der Waals surface area contributed by atoms with Crippen LogP contribution in [-0.4, -0.2) is 21.0 Å². The van der Waals surface area contributed by atoms with E-state index in [-0.39, 0.29) is 5.69 Å². The SMILES string of the molecule is Cc1[nH]c(Cc2ccccc2)nc1C(=O)O. The van der Waals surface area contributed by atoms with Gasteiger partial charge in [0.05, 0.1) is 0 Å². The minimum Gasteiger partial charge on any atom is -0.476 e. The molecule has 2 rings (SSSR count). The average molecular weight is 216 g/mol. The molecule has 0 aliphatic carbocycles. The predicted octanol–water partition coefficient (Wildman–Crippen LogP) is 2.01. The normalized spacial score (nSPS) is 10.3. The zero-order chi connectivity index (χ0) is 11.5. The molecule has 2 N–H and O–H groups in total. The van der Waals surface area contributed by atoms with Crippen LogP contribution >= 0.6 is 0 Å². The van der Waals surface area contributed by atoms with Crippen LogP contribution in [0.3, 0.4) is 0 Å². The summed E-state index contributed by atoms with van der Waals surface area (Å²) in [5, 5.41) is 8.86. The topological polar surface area (TPSA) is 66.0 Å². The third kappa shape index (κ3) is 2.11. The fourth-order valence-corrected chi connectivity index (χ4v) is 1.60. The van der Waals surface area contributed by atoms with E-state index >= 15 is 0 Å². The fourth-order valence-electron chi connectivity index (χ4n) is 1.60. The molecule has 1 heterocycles. The predicted molar refractivity (Wildman–Crippen MR) is 59.5 cm³/mol. The Labute approximate surface area is 93.0 Å². The molecule has 0 fully saturated rings. The number of nitrogens with zero attached hydrogens (tertiary/aromatic N) is 1. The Morgan fingerprint density at radius 2 is 2.06 bits per heavy atom. The molecule has 1 aromatic carbocycles. The Kier molecular flexibility index (Phi) is 2.72. The summed E-state index contributed by atoms with van der Waals surface area (Å²) in [4.78, 5) is 17.8. The van der Waals surface area contributed by atoms with Crippen molar-refractivity contribution in [1.29, 1.82) is 0 Å². The van der Waals surface area contributed by atoms with Crippen molar-refractivity contribution in [3.8, 4) is 0 Å². The van der Waals surface area contributed by atoms with Crippen molar-refractivity contribution >= 4 is 5.97 Å². The third-order valence-corrected chi connectivity index (χ3v) is 2.35. The van der Waals surface area contributed by atoms with Gasteiger partial charge in [-0.25, -0.2) is 9.78 Å². The van der Waals surface area contributed by atoms with Gasteiger partial charge >= 0.3 is 5.97 Å². The van der Waals surface area contributed by atoms with Crippen molar-refractivity contribution in [3.05, 3.63) is 53.1 Å². The maximum atomic E-state index is 10.8. The van der Waals surface area contributed by atoms with Gasteiger partial charge in [0.2, 0.25) is 0 Å². The van der Waals surface area contributed by atoms with E-state index in [1.54, 1.807) is 6.92 Å². The fraction of sp³-hybridized carbons (Fsp3) is 0.167. The number of rotatable bonds is 3. The van der Waals surface area contributed by atoms with Crippen LogP contribution in [0.25, 0.3) is 0 Å². The van der Waals surface area contributed by atoms with Gasteiger partial charge in [0.1, 0.15) is 5.82 Å². The maximum Gasteiger partial charge on any atom is 0.356 e. The van der Waals surface area contributed by atoms with E-state index in [4.69, 9.17) is 5.11 Å². The number of aryl methyl sites for hydroxylation is 1. The van der Waals surface area contributed by atoms with Crippen LogP contribution in [-0.2, 0) is 6.42 Å². The van der Waals surface area contributed by atoms with Crippen LogP contribution < -0.4 is 0 Å². The summed E-state index contributed by atoms with van der Waals surface area (Å²) in [7, 11) is 0. The number of carboxylic acid groups (broad SMARTS) is 1. The lowest BCUT2D eigenvalue weighted by atomic mass is 10.1. The lowest BCUT2D eigenvalue weighted by Gasteiger charge is -1.96. The molecule has 0 atom stereocenters. The summed E-state index contributed by atoms with van der Waals surface area (Å²) in [6.45, 7) is 1.71. The van der Waals surface area contributed by atoms with E-state index in [1.807, 2.05) is 30.3 Å². The highest BCUT2D eigenvalue weighted by molar-refractivity contribution is 5.86. The Hall–Kier alpha value is -2.10. The molecule has 4 heteroatoms. The molecule has 0 aliphatic heterocycles. The highest BCUT2D eigenvalue weighted by Crippen LogP contribution is 2.09. The van der Waals surface area contributed by atoms with Crippen molar-refractivity contribution in [2.24, 2.45) is 0 Å². The highest BCUT2D eigenvalue weighted by atomic mass is 16.4. The first kappa shape index (κ1) is 10.4. The van der Waals surface area contributed by atoms with E-state index in [0.29, 0.717) is 17.9 Å². The molecule has 4 nitrogen and oxygen atoms in total. The van der Waals surface area contributed by atoms with Gasteiger partial charge in [-0.2, -0.15) is 0 Å². The number of carboxylic acids is 1. The average Bonchev–Trinajstić information content (AvgIpc) is 2.61. The zero-order valence-electron chi connectivity index (χ0n) is 8.90. The molecule has 0 radical (unpaired) electrons. The van der Waals surface area contributed by atoms with Crippen LogP contribution in [0.4, 0.5) is 0 Å². The van der Waals surface area contributed by atoms with Crippen molar-refractivity contribution in [2.75, 3.05) is 0 Å². The second-order valence-corrected chi connectivity index (χ2v) is 3.62. The van der Waals surface area contributed by atoms with Crippen molar-refractivity contribution in [3.63, 3.8) is 0 Å². The summed E-state index contributed by atoms with van der Waals surface area (Å²) in [5.74, 6) is -0.311. The zero-order valence-corrected chi connectivity index (χ0v) is 8.90. The largest absolute Gasteiger partial charge is 0.476 e. The van der Waals surface area contributed by atoms with Crippen LogP contribution in [0, 0.1) is 6.92 Å². The van der Waals surface area contributed by atoms with E-state index in [1.165, 1.54) is 0 Å². The van der Waals surface area contributed by atoms with Gasteiger partial charge in [0, 0.05) is 12.1 Å². The summed E-state index contributed by atoms with van der Waals surface area (Å²) >= 11 is 0. The lowest BCUT2D eigenvalue weighted by Crippen LogP contribution is -1.99. The molecule has 82 valence electrons. The number of aromatic amines is 1. The molecule has 1 aromatic heterocycles. The minimum atomic E-state index is -0.993. The summed E-state index contributed by atoms with van der Waals surface area (Å²) in [6, 6.07) is 9.81. The molecular weight excluding hydrogens is 204 g/mol. The number of benzene rings is 1. The Morgan fingerprint density at radius 1 is 1.38 bits per heavy atom. The molecule has 0 amide bonds. The number of H-pyrrole nitrogens is 1. The molecular formula is C12H12N2O2. The van der Waals surface area contributed by atoms with Gasteiger partial charge in [0.15, 0.2) is 5.69 Å². The van der Waals surface area contributed by atoms with Gasteiger partial charge in [-0.05, 0) is 12.5 Å². The molecule has 0 unspecified atom stereocenters. The number of aromatic nitrogens is 2. The van der Waals surface area contributed by atoms with Crippen molar-refractivity contribution in [1.82, 2.24) is 9.97 Å². The van der Waals surface area contributed by atoms with Crippen LogP contribution in [0.2, 0.25) is 0 Å². The molecule has 2 aromatic rings. The number of nitrogens with one attached hydrogen (secondary N) is 1. The molecule has 0 spiro atoms. The first-order chi connectivity index (χ1) is 7.66. The van der Waals surface area contributed by atoms with Gasteiger partial charge in [0.25, 0.3) is 0 Å².